The number of nitrogens with zero attached hydrogens (tertiary/aromatic N) is 1. The third-order valence-corrected chi connectivity index (χ3v) is 8.46. The number of rotatable bonds is 6. The zero-order chi connectivity index (χ0) is 26.0. The number of carbonyl (C=O) groups is 3. The SMILES string of the molecule is COc1ccccc1Oc1ccc(NC(=O)c2ccc(N3C(=O)[C@@H]4[C@H]5C=C[C@@H]([C@@H]6C[C@@H]56)[C@@H]4C3=O)cc2)cc1. The van der Waals surface area contributed by atoms with Crippen molar-refractivity contribution in [2.24, 2.45) is 35.5 Å². The average Bonchev–Trinajstić information content (AvgIpc) is 3.73. The van der Waals surface area contributed by atoms with E-state index in [4.69, 9.17) is 9.47 Å². The van der Waals surface area contributed by atoms with Gasteiger partial charge in [0.15, 0.2) is 11.5 Å². The van der Waals surface area contributed by atoms with Crippen molar-refractivity contribution in [1.82, 2.24) is 0 Å². The van der Waals surface area contributed by atoms with E-state index >= 15 is 0 Å². The highest BCUT2D eigenvalue weighted by Gasteiger charge is 2.67. The van der Waals surface area contributed by atoms with E-state index in [1.165, 1.54) is 4.90 Å². The Morgan fingerprint density at radius 2 is 1.42 bits per heavy atom. The molecule has 3 aromatic carbocycles. The highest BCUT2D eigenvalue weighted by molar-refractivity contribution is 6.22. The van der Waals surface area contributed by atoms with E-state index in [1.807, 2.05) is 24.3 Å². The van der Waals surface area contributed by atoms with Gasteiger partial charge in [0, 0.05) is 11.3 Å². The number of anilines is 2. The molecule has 190 valence electrons. The molecular formula is C31H26N2O5. The first-order chi connectivity index (χ1) is 18.5. The summed E-state index contributed by atoms with van der Waals surface area (Å²) < 4.78 is 11.2. The minimum absolute atomic E-state index is 0.0997. The van der Waals surface area contributed by atoms with E-state index in [0.29, 0.717) is 46.0 Å². The maximum atomic E-state index is 13.3. The number of hydrogen-bond acceptors (Lipinski definition) is 5. The quantitative estimate of drug-likeness (QED) is 0.362. The summed E-state index contributed by atoms with van der Waals surface area (Å²) in [7, 11) is 1.59. The number of hydrogen-bond donors (Lipinski definition) is 1. The fraction of sp³-hybridized carbons (Fsp3) is 0.258. The molecule has 38 heavy (non-hydrogen) atoms. The standard InChI is InChI=1S/C31H26N2O5/c1-37-25-4-2-3-5-26(25)38-20-12-8-18(9-13-20)32-29(34)17-6-10-19(11-7-17)33-30(35)27-21-14-15-22(24-16-23(21)24)28(27)31(33)36/h2-15,21-24,27-28H,16H2,1H3,(H,32,34)/t21-,22-,23-,24-,27-,28+/m0/s1. The molecule has 3 aromatic rings. The van der Waals surface area contributed by atoms with Crippen LogP contribution in [0.2, 0.25) is 0 Å². The summed E-state index contributed by atoms with van der Waals surface area (Å²) >= 11 is 0. The number of nitrogens with one attached hydrogen (secondary N) is 1. The van der Waals surface area contributed by atoms with Crippen LogP contribution in [0, 0.1) is 35.5 Å². The van der Waals surface area contributed by atoms with Gasteiger partial charge in [-0.1, -0.05) is 24.3 Å². The molecule has 0 aromatic heterocycles. The minimum atomic E-state index is -0.287. The van der Waals surface area contributed by atoms with Gasteiger partial charge in [0.2, 0.25) is 11.8 Å². The molecule has 1 saturated heterocycles. The van der Waals surface area contributed by atoms with E-state index in [9.17, 15) is 14.4 Å². The van der Waals surface area contributed by atoms with Crippen molar-refractivity contribution in [3.63, 3.8) is 0 Å². The van der Waals surface area contributed by atoms with E-state index in [0.717, 1.165) is 6.42 Å². The molecule has 3 fully saturated rings. The van der Waals surface area contributed by atoms with Crippen LogP contribution < -0.4 is 19.7 Å². The predicted molar refractivity (Wildman–Crippen MR) is 141 cm³/mol. The molecule has 1 aliphatic heterocycles. The Morgan fingerprint density at radius 1 is 0.816 bits per heavy atom. The van der Waals surface area contributed by atoms with Gasteiger partial charge in [0.1, 0.15) is 5.75 Å². The zero-order valence-corrected chi connectivity index (χ0v) is 20.7. The first-order valence-electron chi connectivity index (χ1n) is 12.9. The molecule has 5 aliphatic rings. The van der Waals surface area contributed by atoms with Crippen LogP contribution in [0.15, 0.2) is 84.9 Å². The monoisotopic (exact) mass is 506 g/mol. The van der Waals surface area contributed by atoms with Gasteiger partial charge in [-0.15, -0.1) is 0 Å². The second kappa shape index (κ2) is 8.58. The average molecular weight is 507 g/mol. The van der Waals surface area contributed by atoms with Gasteiger partial charge >= 0.3 is 0 Å². The molecule has 1 N–H and O–H groups in total. The zero-order valence-electron chi connectivity index (χ0n) is 20.7. The molecule has 8 rings (SSSR count). The van der Waals surface area contributed by atoms with Crippen LogP contribution >= 0.6 is 0 Å². The van der Waals surface area contributed by atoms with Crippen LogP contribution in [-0.4, -0.2) is 24.8 Å². The molecule has 0 spiro atoms. The second-order valence-corrected chi connectivity index (χ2v) is 10.4. The lowest BCUT2D eigenvalue weighted by atomic mass is 9.63. The summed E-state index contributed by atoms with van der Waals surface area (Å²) in [5.74, 6) is 2.39. The first kappa shape index (κ1) is 22.8. The lowest BCUT2D eigenvalue weighted by Gasteiger charge is -2.37. The number of imide groups is 1. The number of benzene rings is 3. The summed E-state index contributed by atoms with van der Waals surface area (Å²) in [6.45, 7) is 0. The fourth-order valence-corrected chi connectivity index (χ4v) is 6.61. The van der Waals surface area contributed by atoms with Crippen molar-refractivity contribution >= 4 is 29.1 Å². The number of carbonyl (C=O) groups excluding carboxylic acids is 3. The Labute approximate surface area is 220 Å². The van der Waals surface area contributed by atoms with Gasteiger partial charge in [-0.3, -0.25) is 19.3 Å². The second-order valence-electron chi connectivity index (χ2n) is 10.4. The van der Waals surface area contributed by atoms with E-state index in [1.54, 1.807) is 55.6 Å². The number of para-hydroxylation sites is 2. The topological polar surface area (TPSA) is 84.9 Å². The molecule has 2 bridgehead atoms. The molecule has 3 amide bonds. The van der Waals surface area contributed by atoms with Crippen molar-refractivity contribution in [3.05, 3.63) is 90.5 Å². The van der Waals surface area contributed by atoms with Crippen molar-refractivity contribution in [1.29, 1.82) is 0 Å². The van der Waals surface area contributed by atoms with Gasteiger partial charge in [-0.05, 0) is 90.8 Å². The van der Waals surface area contributed by atoms with Crippen LogP contribution in [0.3, 0.4) is 0 Å². The number of methoxy groups -OCH3 is 1. The van der Waals surface area contributed by atoms with Crippen molar-refractivity contribution in [2.45, 2.75) is 6.42 Å². The van der Waals surface area contributed by atoms with Gasteiger partial charge in [-0.2, -0.15) is 0 Å². The highest BCUT2D eigenvalue weighted by atomic mass is 16.5. The fourth-order valence-electron chi connectivity index (χ4n) is 6.61. The molecule has 6 atom stereocenters. The summed E-state index contributed by atoms with van der Waals surface area (Å²) in [4.78, 5) is 40.8. The Kier molecular flexibility index (Phi) is 5.15. The van der Waals surface area contributed by atoms with E-state index in [-0.39, 0.29) is 41.4 Å². The maximum absolute atomic E-state index is 13.3. The molecule has 0 unspecified atom stereocenters. The lowest BCUT2D eigenvalue weighted by Crippen LogP contribution is -2.40. The summed E-state index contributed by atoms with van der Waals surface area (Å²) in [5, 5.41) is 2.87. The van der Waals surface area contributed by atoms with E-state index in [2.05, 4.69) is 17.5 Å². The number of allylic oxidation sites excluding steroid dienone is 2. The van der Waals surface area contributed by atoms with Crippen molar-refractivity contribution < 1.29 is 23.9 Å². The summed E-state index contributed by atoms with van der Waals surface area (Å²) in [5.41, 5.74) is 1.57. The predicted octanol–water partition coefficient (Wildman–Crippen LogP) is 5.30. The normalized spacial score (nSPS) is 28.1. The van der Waals surface area contributed by atoms with Gasteiger partial charge < -0.3 is 14.8 Å². The molecule has 4 aliphatic carbocycles. The Hall–Kier alpha value is -4.39. The summed E-state index contributed by atoms with van der Waals surface area (Å²) in [6.07, 6.45) is 5.47. The largest absolute Gasteiger partial charge is 0.493 e. The van der Waals surface area contributed by atoms with Crippen LogP contribution in [0.25, 0.3) is 0 Å². The van der Waals surface area contributed by atoms with Gasteiger partial charge in [0.05, 0.1) is 24.6 Å². The first-order valence-corrected chi connectivity index (χ1v) is 12.9. The molecule has 7 heteroatoms. The Bertz CT molecular complexity index is 1440. The molecule has 1 heterocycles. The van der Waals surface area contributed by atoms with Crippen molar-refractivity contribution in [3.8, 4) is 17.2 Å². The summed E-state index contributed by atoms with van der Waals surface area (Å²) in [6, 6.07) is 21.1. The minimum Gasteiger partial charge on any atom is -0.493 e. The van der Waals surface area contributed by atoms with Crippen molar-refractivity contribution in [2.75, 3.05) is 17.3 Å². The lowest BCUT2D eigenvalue weighted by molar-refractivity contribution is -0.124. The van der Waals surface area contributed by atoms with Crippen LogP contribution in [0.5, 0.6) is 17.2 Å². The molecule has 7 nitrogen and oxygen atoms in total. The molecular weight excluding hydrogens is 480 g/mol. The van der Waals surface area contributed by atoms with Gasteiger partial charge in [0.25, 0.3) is 5.91 Å². The number of amides is 3. The highest BCUT2D eigenvalue weighted by Crippen LogP contribution is 2.65. The third-order valence-electron chi connectivity index (χ3n) is 8.46. The maximum Gasteiger partial charge on any atom is 0.255 e. The molecule has 2 saturated carbocycles. The number of ether oxygens (including phenoxy) is 2. The van der Waals surface area contributed by atoms with Crippen LogP contribution in [0.1, 0.15) is 16.8 Å². The van der Waals surface area contributed by atoms with Crippen LogP contribution in [0.4, 0.5) is 11.4 Å². The van der Waals surface area contributed by atoms with E-state index < -0.39 is 0 Å². The van der Waals surface area contributed by atoms with Crippen LogP contribution in [-0.2, 0) is 9.59 Å². The molecule has 0 radical (unpaired) electrons. The van der Waals surface area contributed by atoms with Gasteiger partial charge in [-0.25, -0.2) is 0 Å². The Balaban J connectivity index is 1.02. The Morgan fingerprint density at radius 3 is 2.03 bits per heavy atom. The smallest absolute Gasteiger partial charge is 0.255 e. The third kappa shape index (κ3) is 3.53.